The van der Waals surface area contributed by atoms with Gasteiger partial charge in [-0.1, -0.05) is 55.2 Å². The summed E-state index contributed by atoms with van der Waals surface area (Å²) < 4.78 is 26.2. The molecule has 0 saturated carbocycles. The third-order valence-corrected chi connectivity index (χ3v) is 7.67. The Hall–Kier alpha value is -2.29. The second kappa shape index (κ2) is 13.9. The van der Waals surface area contributed by atoms with Gasteiger partial charge in [0.2, 0.25) is 21.8 Å². The van der Waals surface area contributed by atoms with Gasteiger partial charge in [-0.25, -0.2) is 8.42 Å². The number of nitrogens with one attached hydrogen (secondary N) is 1. The fraction of sp³-hybridized carbons (Fsp3) is 0.462. The van der Waals surface area contributed by atoms with E-state index in [0.29, 0.717) is 34.3 Å². The number of benzene rings is 2. The van der Waals surface area contributed by atoms with E-state index < -0.39 is 16.1 Å². The Morgan fingerprint density at radius 1 is 1.06 bits per heavy atom. The number of hydrogen-bond acceptors (Lipinski definition) is 4. The van der Waals surface area contributed by atoms with Gasteiger partial charge in [-0.3, -0.25) is 13.9 Å². The summed E-state index contributed by atoms with van der Waals surface area (Å²) in [4.78, 5) is 27.9. The lowest BCUT2D eigenvalue weighted by Crippen LogP contribution is -2.49. The van der Waals surface area contributed by atoms with Crippen molar-refractivity contribution in [2.45, 2.75) is 59.0 Å². The molecule has 0 unspecified atom stereocenters. The van der Waals surface area contributed by atoms with Crippen LogP contribution in [0.25, 0.3) is 0 Å². The number of anilines is 1. The molecule has 2 aromatic carbocycles. The molecule has 0 aliphatic heterocycles. The van der Waals surface area contributed by atoms with Crippen molar-refractivity contribution >= 4 is 50.7 Å². The molecule has 0 fully saturated rings. The molecule has 0 aliphatic rings. The zero-order chi connectivity index (χ0) is 26.9. The molecule has 198 valence electrons. The minimum Gasteiger partial charge on any atom is -0.354 e. The Labute approximate surface area is 224 Å². The van der Waals surface area contributed by atoms with Crippen LogP contribution in [0.15, 0.2) is 42.5 Å². The Kier molecular flexibility index (Phi) is 11.5. The van der Waals surface area contributed by atoms with Gasteiger partial charge in [-0.05, 0) is 56.0 Å². The summed E-state index contributed by atoms with van der Waals surface area (Å²) in [5, 5.41) is 3.69. The lowest BCUT2D eigenvalue weighted by Gasteiger charge is -2.31. The first-order chi connectivity index (χ1) is 17.0. The molecule has 0 aliphatic carbocycles. The molecule has 0 heterocycles. The Morgan fingerprint density at radius 3 is 2.25 bits per heavy atom. The van der Waals surface area contributed by atoms with Gasteiger partial charge < -0.3 is 10.2 Å². The molecule has 36 heavy (non-hydrogen) atoms. The highest BCUT2D eigenvalue weighted by Crippen LogP contribution is 2.27. The second-order valence-corrected chi connectivity index (χ2v) is 11.4. The predicted octanol–water partition coefficient (Wildman–Crippen LogP) is 5.18. The summed E-state index contributed by atoms with van der Waals surface area (Å²) in [6, 6.07) is 11.6. The number of rotatable bonds is 13. The van der Waals surface area contributed by atoms with Gasteiger partial charge in [0.15, 0.2) is 0 Å². The van der Waals surface area contributed by atoms with Crippen molar-refractivity contribution in [3.8, 4) is 0 Å². The van der Waals surface area contributed by atoms with Crippen molar-refractivity contribution in [1.29, 1.82) is 0 Å². The van der Waals surface area contributed by atoms with Crippen molar-refractivity contribution < 1.29 is 18.0 Å². The number of halogens is 2. The minimum absolute atomic E-state index is 0.0530. The zero-order valence-electron chi connectivity index (χ0n) is 21.3. The van der Waals surface area contributed by atoms with E-state index in [4.69, 9.17) is 23.2 Å². The Balaban J connectivity index is 2.26. The van der Waals surface area contributed by atoms with Crippen LogP contribution in [0.3, 0.4) is 0 Å². The molecule has 2 rings (SSSR count). The largest absolute Gasteiger partial charge is 0.354 e. The number of nitrogens with zero attached hydrogens (tertiary/aromatic N) is 2. The molecule has 1 N–H and O–H groups in total. The molecule has 0 saturated heterocycles. The van der Waals surface area contributed by atoms with E-state index in [2.05, 4.69) is 5.32 Å². The number of carbonyl (C=O) groups excluding carboxylic acids is 2. The minimum atomic E-state index is -3.55. The Morgan fingerprint density at radius 2 is 1.69 bits per heavy atom. The van der Waals surface area contributed by atoms with Crippen LogP contribution in [0.4, 0.5) is 5.69 Å². The molecule has 1 atom stereocenters. The molecule has 0 bridgehead atoms. The zero-order valence-corrected chi connectivity index (χ0v) is 23.6. The summed E-state index contributed by atoms with van der Waals surface area (Å²) in [7, 11) is -3.55. The van der Waals surface area contributed by atoms with Crippen LogP contribution in [-0.4, -0.2) is 50.5 Å². The summed E-state index contributed by atoms with van der Waals surface area (Å²) >= 11 is 12.7. The van der Waals surface area contributed by atoms with E-state index in [0.717, 1.165) is 18.2 Å². The quantitative estimate of drug-likeness (QED) is 0.368. The first-order valence-corrected chi connectivity index (χ1v) is 14.6. The predicted molar refractivity (Wildman–Crippen MR) is 147 cm³/mol. The highest BCUT2D eigenvalue weighted by molar-refractivity contribution is 7.92. The first-order valence-electron chi connectivity index (χ1n) is 12.0. The van der Waals surface area contributed by atoms with E-state index in [1.165, 1.54) is 9.21 Å². The maximum absolute atomic E-state index is 13.5. The van der Waals surface area contributed by atoms with Gasteiger partial charge in [-0.15, -0.1) is 0 Å². The second-order valence-electron chi connectivity index (χ2n) is 8.71. The summed E-state index contributed by atoms with van der Waals surface area (Å²) in [5.41, 5.74) is 2.05. The van der Waals surface area contributed by atoms with Crippen molar-refractivity contribution in [2.24, 2.45) is 0 Å². The molecule has 10 heteroatoms. The maximum atomic E-state index is 13.5. The summed E-state index contributed by atoms with van der Waals surface area (Å²) in [5.74, 6) is -0.518. The van der Waals surface area contributed by atoms with Crippen LogP contribution in [0.1, 0.15) is 50.7 Å². The first kappa shape index (κ1) is 29.9. The molecule has 0 aromatic heterocycles. The van der Waals surface area contributed by atoms with Crippen LogP contribution in [0, 0.1) is 6.92 Å². The number of hydrogen-bond donors (Lipinski definition) is 1. The summed E-state index contributed by atoms with van der Waals surface area (Å²) in [6.45, 7) is 6.39. The standard InChI is InChI=1S/C26H35Cl2N3O4S/c1-5-15-29-26(33)24(6-2)30(18-21-22(27)12-8-13-23(21)28)25(32)14-9-16-31(36(4,34)35)20-11-7-10-19(3)17-20/h7-8,10-13,17,24H,5-6,9,14-16,18H2,1-4H3,(H,29,33)/t24-/m1/s1. The van der Waals surface area contributed by atoms with E-state index in [1.807, 2.05) is 26.8 Å². The number of amides is 2. The van der Waals surface area contributed by atoms with Crippen LogP contribution in [0.5, 0.6) is 0 Å². The van der Waals surface area contributed by atoms with Crippen molar-refractivity contribution in [3.05, 3.63) is 63.6 Å². The van der Waals surface area contributed by atoms with E-state index in [-0.39, 0.29) is 37.7 Å². The third-order valence-electron chi connectivity index (χ3n) is 5.77. The lowest BCUT2D eigenvalue weighted by atomic mass is 10.1. The van der Waals surface area contributed by atoms with Gasteiger partial charge in [0.25, 0.3) is 0 Å². The van der Waals surface area contributed by atoms with E-state index >= 15 is 0 Å². The number of sulfonamides is 1. The van der Waals surface area contributed by atoms with Gasteiger partial charge in [0.05, 0.1) is 11.9 Å². The highest BCUT2D eigenvalue weighted by Gasteiger charge is 2.29. The number of carbonyl (C=O) groups is 2. The van der Waals surface area contributed by atoms with E-state index in [1.54, 1.807) is 36.4 Å². The lowest BCUT2D eigenvalue weighted by molar-refractivity contribution is -0.141. The summed E-state index contributed by atoms with van der Waals surface area (Å²) in [6.07, 6.45) is 2.65. The van der Waals surface area contributed by atoms with E-state index in [9.17, 15) is 18.0 Å². The highest BCUT2D eigenvalue weighted by atomic mass is 35.5. The van der Waals surface area contributed by atoms with Gasteiger partial charge in [0, 0.05) is 41.7 Å². The maximum Gasteiger partial charge on any atom is 0.242 e. The monoisotopic (exact) mass is 555 g/mol. The molecule has 2 aromatic rings. The van der Waals surface area contributed by atoms with Crippen molar-refractivity contribution in [2.75, 3.05) is 23.7 Å². The fourth-order valence-electron chi connectivity index (χ4n) is 3.93. The SMILES string of the molecule is CCCNC(=O)[C@@H](CC)N(Cc1c(Cl)cccc1Cl)C(=O)CCCN(c1cccc(C)c1)S(C)(=O)=O. The smallest absolute Gasteiger partial charge is 0.242 e. The average molecular weight is 557 g/mol. The number of aryl methyl sites for hydroxylation is 1. The Bertz CT molecular complexity index is 1140. The molecule has 2 amide bonds. The third kappa shape index (κ3) is 8.39. The molecule has 0 radical (unpaired) electrons. The molecule has 7 nitrogen and oxygen atoms in total. The van der Waals surface area contributed by atoms with Gasteiger partial charge >= 0.3 is 0 Å². The average Bonchev–Trinajstić information content (AvgIpc) is 2.81. The molecular weight excluding hydrogens is 521 g/mol. The van der Waals surface area contributed by atoms with Crippen LogP contribution in [0.2, 0.25) is 10.0 Å². The van der Waals surface area contributed by atoms with Gasteiger partial charge in [0.1, 0.15) is 6.04 Å². The van der Waals surface area contributed by atoms with Crippen LogP contribution in [-0.2, 0) is 26.2 Å². The fourth-order valence-corrected chi connectivity index (χ4v) is 5.40. The molecular formula is C26H35Cl2N3O4S. The molecule has 0 spiro atoms. The topological polar surface area (TPSA) is 86.8 Å². The van der Waals surface area contributed by atoms with Gasteiger partial charge in [-0.2, -0.15) is 0 Å². The van der Waals surface area contributed by atoms with Crippen molar-refractivity contribution in [1.82, 2.24) is 10.2 Å². The van der Waals surface area contributed by atoms with Crippen molar-refractivity contribution in [3.63, 3.8) is 0 Å². The van der Waals surface area contributed by atoms with Crippen LogP contribution < -0.4 is 9.62 Å². The normalized spacial score (nSPS) is 12.2. The van der Waals surface area contributed by atoms with Crippen LogP contribution >= 0.6 is 23.2 Å².